The Kier molecular flexibility index (Phi) is 5.36. The molecule has 0 atom stereocenters. The predicted molar refractivity (Wildman–Crippen MR) is 29.3 cm³/mol. The van der Waals surface area contributed by atoms with Crippen LogP contribution in [0.5, 0.6) is 0 Å². The molecule has 1 radical (unpaired) electrons. The lowest BCUT2D eigenvalue weighted by Gasteiger charge is -1.93. The van der Waals surface area contributed by atoms with Crippen LogP contribution in [-0.2, 0) is 12.6 Å². The van der Waals surface area contributed by atoms with Gasteiger partial charge in [0.2, 0.25) is 0 Å². The van der Waals surface area contributed by atoms with E-state index in [0.717, 1.165) is 17.9 Å². The first-order chi connectivity index (χ1) is 2.41. The molecule has 0 nitrogen and oxygen atoms in total. The van der Waals surface area contributed by atoms with Gasteiger partial charge in [-0.25, -0.2) is 0 Å². The van der Waals surface area contributed by atoms with Crippen molar-refractivity contribution in [2.45, 2.75) is 6.42 Å². The van der Waals surface area contributed by atoms with Crippen LogP contribution >= 0.6 is 12.6 Å². The standard InChI is InChI=1S/C3H7S2/c4-2-1-3-5/h4H,1-3H2/p-1. The summed E-state index contributed by atoms with van der Waals surface area (Å²) in [4.78, 5) is 0. The van der Waals surface area contributed by atoms with Crippen LogP contribution in [0.25, 0.3) is 0 Å². The molecule has 2 heteroatoms. The third kappa shape index (κ3) is 4.70. The summed E-state index contributed by atoms with van der Waals surface area (Å²) < 4.78 is 0. The largest absolute Gasteiger partial charge is 0.793 e. The number of hydrogen-bond acceptors (Lipinski definition) is 1. The number of rotatable bonds is 2. The molecule has 0 aliphatic rings. The second-order valence-electron chi connectivity index (χ2n) is 0.762. The molecule has 0 saturated carbocycles. The van der Waals surface area contributed by atoms with Gasteiger partial charge in [0, 0.05) is 5.75 Å². The highest BCUT2D eigenvalue weighted by Gasteiger charge is 1.62. The van der Waals surface area contributed by atoms with Crippen molar-refractivity contribution in [1.29, 1.82) is 0 Å². The van der Waals surface area contributed by atoms with Crippen LogP contribution in [0.3, 0.4) is 0 Å². The van der Waals surface area contributed by atoms with Gasteiger partial charge in [0.05, 0.1) is 0 Å². The van der Waals surface area contributed by atoms with Crippen molar-refractivity contribution in [3.63, 3.8) is 0 Å². The van der Waals surface area contributed by atoms with Gasteiger partial charge < -0.3 is 12.6 Å². The first-order valence-corrected chi connectivity index (χ1v) is 2.73. The molecule has 0 N–H and O–H groups in total. The molecule has 0 aromatic carbocycles. The van der Waals surface area contributed by atoms with E-state index >= 15 is 0 Å². The minimum absolute atomic E-state index is 0.823. The van der Waals surface area contributed by atoms with E-state index in [9.17, 15) is 0 Å². The predicted octanol–water partition coefficient (Wildman–Crippen LogP) is 1.12. The van der Waals surface area contributed by atoms with Crippen LogP contribution < -0.4 is 0 Å². The van der Waals surface area contributed by atoms with Crippen LogP contribution in [0.15, 0.2) is 0 Å². The van der Waals surface area contributed by atoms with Crippen molar-refractivity contribution < 1.29 is 0 Å². The van der Waals surface area contributed by atoms with Gasteiger partial charge in [-0.2, -0.15) is 5.75 Å². The normalized spacial score (nSPS) is 8.40. The highest BCUT2D eigenvalue weighted by atomic mass is 32.1. The molecule has 0 rings (SSSR count). The van der Waals surface area contributed by atoms with Crippen molar-refractivity contribution in [3.05, 3.63) is 0 Å². The van der Waals surface area contributed by atoms with Gasteiger partial charge in [-0.1, -0.05) is 19.0 Å². The maximum Gasteiger partial charge on any atom is 0.00186 e. The summed E-state index contributed by atoms with van der Waals surface area (Å²) in [6.45, 7) is 0. The third-order valence-electron chi connectivity index (χ3n) is 0.289. The monoisotopic (exact) mass is 106 g/mol. The lowest BCUT2D eigenvalue weighted by Crippen LogP contribution is -1.75. The Morgan fingerprint density at radius 1 is 1.60 bits per heavy atom. The molecule has 0 bridgehead atoms. The lowest BCUT2D eigenvalue weighted by atomic mass is 10.6. The Balaban J connectivity index is 2.19. The third-order valence-corrected chi connectivity index (χ3v) is 0.866. The zero-order valence-electron chi connectivity index (χ0n) is 2.94. The molecule has 0 aromatic heterocycles. The summed E-state index contributed by atoms with van der Waals surface area (Å²) in [5.41, 5.74) is 0. The highest BCUT2D eigenvalue weighted by Crippen LogP contribution is 1.77. The highest BCUT2D eigenvalue weighted by molar-refractivity contribution is 7.80. The quantitative estimate of drug-likeness (QED) is 0.475. The van der Waals surface area contributed by atoms with Crippen molar-refractivity contribution in [1.82, 2.24) is 0 Å². The van der Waals surface area contributed by atoms with E-state index in [0.29, 0.717) is 0 Å². The zero-order chi connectivity index (χ0) is 4.12. The Morgan fingerprint density at radius 3 is 2.20 bits per heavy atom. The minimum Gasteiger partial charge on any atom is -0.793 e. The van der Waals surface area contributed by atoms with Crippen LogP contribution in [-0.4, -0.2) is 11.5 Å². The Hall–Kier alpha value is 0.700. The van der Waals surface area contributed by atoms with Crippen molar-refractivity contribution in [2.75, 3.05) is 11.5 Å². The van der Waals surface area contributed by atoms with Gasteiger partial charge in [-0.05, 0) is 0 Å². The molecule has 0 aromatic rings. The molecule has 0 heterocycles. The van der Waals surface area contributed by atoms with E-state index in [1.165, 1.54) is 0 Å². The van der Waals surface area contributed by atoms with Crippen molar-refractivity contribution >= 4 is 25.3 Å². The fraction of sp³-hybridized carbons (Fsp3) is 1.00. The average molecular weight is 106 g/mol. The molecule has 0 aliphatic carbocycles. The van der Waals surface area contributed by atoms with Gasteiger partial charge in [0.1, 0.15) is 0 Å². The van der Waals surface area contributed by atoms with Crippen LogP contribution in [0.4, 0.5) is 0 Å². The minimum atomic E-state index is 0.823. The molecule has 5 heavy (non-hydrogen) atoms. The maximum absolute atomic E-state index is 4.58. The van der Waals surface area contributed by atoms with Crippen LogP contribution in [0.1, 0.15) is 6.42 Å². The first kappa shape index (κ1) is 5.70. The molecule has 0 saturated heterocycles. The molecule has 0 spiro atoms. The molecule has 0 unspecified atom stereocenters. The first-order valence-electron chi connectivity index (χ1n) is 1.58. The second kappa shape index (κ2) is 4.70. The fourth-order valence-electron chi connectivity index (χ4n) is 0.0589. The summed E-state index contributed by atoms with van der Waals surface area (Å²) in [6, 6.07) is 0. The zero-order valence-corrected chi connectivity index (χ0v) is 4.57. The molecule has 31 valence electrons. The average Bonchev–Trinajstić information content (AvgIpc) is 1.41. The fourth-order valence-corrected chi connectivity index (χ4v) is 0.530. The Bertz CT molecular complexity index is 12.4. The summed E-state index contributed by atoms with van der Waals surface area (Å²) in [6.07, 6.45) is 1.02. The summed E-state index contributed by atoms with van der Waals surface area (Å²) in [5.74, 6) is 1.65. The van der Waals surface area contributed by atoms with E-state index in [2.05, 4.69) is 25.3 Å². The topological polar surface area (TPSA) is 0 Å². The molecule has 0 amide bonds. The Morgan fingerprint density at radius 2 is 2.20 bits per heavy atom. The molecule has 0 aliphatic heterocycles. The van der Waals surface area contributed by atoms with Crippen molar-refractivity contribution in [2.24, 2.45) is 0 Å². The summed E-state index contributed by atoms with van der Waals surface area (Å²) in [5, 5.41) is 0. The van der Waals surface area contributed by atoms with E-state index in [1.54, 1.807) is 0 Å². The van der Waals surface area contributed by atoms with Gasteiger partial charge in [-0.3, -0.25) is 0 Å². The van der Waals surface area contributed by atoms with E-state index in [4.69, 9.17) is 0 Å². The van der Waals surface area contributed by atoms with Gasteiger partial charge in [0.15, 0.2) is 0 Å². The van der Waals surface area contributed by atoms with Crippen LogP contribution in [0, 0.1) is 0 Å². The number of hydrogen-bond donors (Lipinski definition) is 0. The second-order valence-corrected chi connectivity index (χ2v) is 1.58. The summed E-state index contributed by atoms with van der Waals surface area (Å²) >= 11 is 9.17. The van der Waals surface area contributed by atoms with Gasteiger partial charge in [0.25, 0.3) is 0 Å². The molecular formula is C3H6S2-. The lowest BCUT2D eigenvalue weighted by molar-refractivity contribution is 1.13. The SMILES string of the molecule is [S]CCC[S-]. The van der Waals surface area contributed by atoms with E-state index < -0.39 is 0 Å². The maximum atomic E-state index is 4.58. The molecule has 0 fully saturated rings. The Labute approximate surface area is 43.8 Å². The van der Waals surface area contributed by atoms with E-state index in [1.807, 2.05) is 0 Å². The van der Waals surface area contributed by atoms with Gasteiger partial charge in [-0.15, -0.1) is 0 Å². The van der Waals surface area contributed by atoms with Crippen LogP contribution in [0.2, 0.25) is 0 Å². The van der Waals surface area contributed by atoms with E-state index in [-0.39, 0.29) is 0 Å². The molecular weight excluding hydrogens is 100 g/mol. The smallest absolute Gasteiger partial charge is 0.00186 e. The van der Waals surface area contributed by atoms with Crippen molar-refractivity contribution in [3.8, 4) is 0 Å². The summed E-state index contributed by atoms with van der Waals surface area (Å²) in [7, 11) is 0. The van der Waals surface area contributed by atoms with Gasteiger partial charge >= 0.3 is 0 Å².